The van der Waals surface area contributed by atoms with Crippen molar-refractivity contribution < 1.29 is 5.11 Å². The molecule has 1 atom stereocenters. The number of nitrogens with one attached hydrogen (secondary N) is 1. The maximum Gasteiger partial charge on any atom is 0.102 e. The van der Waals surface area contributed by atoms with Crippen LogP contribution in [-0.4, -0.2) is 24.5 Å². The van der Waals surface area contributed by atoms with Crippen molar-refractivity contribution in [1.82, 2.24) is 0 Å². The van der Waals surface area contributed by atoms with Crippen molar-refractivity contribution in [2.75, 3.05) is 24.7 Å². The van der Waals surface area contributed by atoms with Crippen LogP contribution in [0.5, 0.6) is 0 Å². The molecule has 0 saturated heterocycles. The quantitative estimate of drug-likeness (QED) is 0.762. The lowest BCUT2D eigenvalue weighted by Crippen LogP contribution is -2.13. The van der Waals surface area contributed by atoms with Gasteiger partial charge < -0.3 is 10.4 Å². The number of nitriles is 1. The number of aliphatic hydroxyl groups is 1. The van der Waals surface area contributed by atoms with E-state index in [1.54, 1.807) is 11.8 Å². The van der Waals surface area contributed by atoms with Gasteiger partial charge in [0.2, 0.25) is 0 Å². The lowest BCUT2D eigenvalue weighted by Gasteiger charge is -2.14. The fourth-order valence-corrected chi connectivity index (χ4v) is 2.14. The first-order valence-electron chi connectivity index (χ1n) is 5.64. The van der Waals surface area contributed by atoms with Crippen LogP contribution >= 0.6 is 11.8 Å². The van der Waals surface area contributed by atoms with Crippen LogP contribution < -0.4 is 5.32 Å². The average Bonchev–Trinajstić information content (AvgIpc) is 2.36. The van der Waals surface area contributed by atoms with Crippen LogP contribution in [0.1, 0.15) is 18.9 Å². The van der Waals surface area contributed by atoms with Gasteiger partial charge in [0.15, 0.2) is 0 Å². The van der Waals surface area contributed by atoms with Crippen molar-refractivity contribution in [3.8, 4) is 6.07 Å². The van der Waals surface area contributed by atoms with E-state index in [4.69, 9.17) is 10.4 Å². The van der Waals surface area contributed by atoms with Gasteiger partial charge >= 0.3 is 0 Å². The highest BCUT2D eigenvalue weighted by Gasteiger charge is 2.08. The molecule has 0 spiro atoms. The van der Waals surface area contributed by atoms with E-state index in [9.17, 15) is 0 Å². The lowest BCUT2D eigenvalue weighted by atomic mass is 10.1. The third kappa shape index (κ3) is 3.95. The molecule has 0 saturated carbocycles. The van der Waals surface area contributed by atoms with Crippen LogP contribution in [0.3, 0.4) is 0 Å². The van der Waals surface area contributed by atoms with Crippen LogP contribution in [0.2, 0.25) is 0 Å². The molecular formula is C13H18N2OS. The molecule has 0 aromatic heterocycles. The van der Waals surface area contributed by atoms with Gasteiger partial charge in [-0.25, -0.2) is 0 Å². The second kappa shape index (κ2) is 7.21. The zero-order valence-corrected chi connectivity index (χ0v) is 11.0. The zero-order valence-electron chi connectivity index (χ0n) is 10.2. The van der Waals surface area contributed by atoms with Crippen molar-refractivity contribution in [3.63, 3.8) is 0 Å². The molecule has 0 fully saturated rings. The maximum atomic E-state index is 9.16. The molecule has 17 heavy (non-hydrogen) atoms. The van der Waals surface area contributed by atoms with Crippen LogP contribution in [0.4, 0.5) is 5.69 Å². The summed E-state index contributed by atoms with van der Waals surface area (Å²) in [6.07, 6.45) is 2.74. The number of hydrogen-bond donors (Lipinski definition) is 2. The summed E-state index contributed by atoms with van der Waals surface area (Å²) in [7, 11) is 0. The molecule has 1 unspecified atom stereocenters. The van der Waals surface area contributed by atoms with Gasteiger partial charge in [-0.15, -0.1) is 11.8 Å². The molecule has 0 radical (unpaired) electrons. The Balaban J connectivity index is 2.74. The predicted molar refractivity (Wildman–Crippen MR) is 72.3 cm³/mol. The largest absolute Gasteiger partial charge is 0.396 e. The molecule has 1 aromatic rings. The molecule has 2 N–H and O–H groups in total. The Morgan fingerprint density at radius 3 is 2.88 bits per heavy atom. The summed E-state index contributed by atoms with van der Waals surface area (Å²) in [4.78, 5) is 0.993. The van der Waals surface area contributed by atoms with Gasteiger partial charge in [0.25, 0.3) is 0 Å². The molecule has 1 rings (SSSR count). The second-order valence-corrected chi connectivity index (χ2v) is 4.84. The van der Waals surface area contributed by atoms with Gasteiger partial charge in [0.1, 0.15) is 6.07 Å². The van der Waals surface area contributed by atoms with Crippen LogP contribution in [0.25, 0.3) is 0 Å². The Kier molecular flexibility index (Phi) is 5.88. The van der Waals surface area contributed by atoms with Crippen molar-refractivity contribution in [3.05, 3.63) is 23.8 Å². The van der Waals surface area contributed by atoms with Gasteiger partial charge in [-0.2, -0.15) is 5.26 Å². The van der Waals surface area contributed by atoms with Crippen LogP contribution in [-0.2, 0) is 0 Å². The standard InChI is InChI=1S/C13H18N2OS/c1-10(6-7-16)9-15-12-4-3-5-13(17-2)11(12)8-14/h3-5,10,15-16H,6-7,9H2,1-2H3. The zero-order chi connectivity index (χ0) is 12.7. The van der Waals surface area contributed by atoms with Crippen molar-refractivity contribution >= 4 is 17.4 Å². The van der Waals surface area contributed by atoms with E-state index in [1.165, 1.54) is 0 Å². The van der Waals surface area contributed by atoms with Gasteiger partial charge in [0.05, 0.1) is 11.3 Å². The minimum atomic E-state index is 0.207. The Morgan fingerprint density at radius 1 is 1.53 bits per heavy atom. The molecule has 0 bridgehead atoms. The van der Waals surface area contributed by atoms with Crippen LogP contribution in [0, 0.1) is 17.2 Å². The Bertz CT molecular complexity index is 401. The Hall–Kier alpha value is -1.18. The summed E-state index contributed by atoms with van der Waals surface area (Å²) in [6, 6.07) is 8.06. The highest BCUT2D eigenvalue weighted by atomic mass is 32.2. The fraction of sp³-hybridized carbons (Fsp3) is 0.462. The molecule has 0 amide bonds. The summed E-state index contributed by atoms with van der Waals surface area (Å²) < 4.78 is 0. The van der Waals surface area contributed by atoms with E-state index in [0.717, 1.165) is 23.5 Å². The summed E-state index contributed by atoms with van der Waals surface area (Å²) >= 11 is 1.58. The number of aliphatic hydroxyl groups excluding tert-OH is 1. The third-order valence-electron chi connectivity index (χ3n) is 2.62. The predicted octanol–water partition coefficient (Wildman–Crippen LogP) is 2.71. The first kappa shape index (κ1) is 13.9. The topological polar surface area (TPSA) is 56.0 Å². The number of rotatable bonds is 6. The summed E-state index contributed by atoms with van der Waals surface area (Å²) in [5.74, 6) is 0.393. The maximum absolute atomic E-state index is 9.16. The summed E-state index contributed by atoms with van der Waals surface area (Å²) in [5.41, 5.74) is 1.58. The molecule has 0 heterocycles. The minimum absolute atomic E-state index is 0.207. The number of thioether (sulfide) groups is 1. The second-order valence-electron chi connectivity index (χ2n) is 3.99. The molecule has 3 nitrogen and oxygen atoms in total. The number of anilines is 1. The molecule has 92 valence electrons. The molecular weight excluding hydrogens is 232 g/mol. The van der Waals surface area contributed by atoms with Gasteiger partial charge in [-0.1, -0.05) is 13.0 Å². The van der Waals surface area contributed by atoms with E-state index >= 15 is 0 Å². The minimum Gasteiger partial charge on any atom is -0.396 e. The SMILES string of the molecule is CSc1cccc(NCC(C)CCO)c1C#N. The molecule has 4 heteroatoms. The first-order chi connectivity index (χ1) is 8.22. The smallest absolute Gasteiger partial charge is 0.102 e. The number of hydrogen-bond acceptors (Lipinski definition) is 4. The van der Waals surface area contributed by atoms with Gasteiger partial charge in [-0.3, -0.25) is 0 Å². The van der Waals surface area contributed by atoms with E-state index in [-0.39, 0.29) is 6.61 Å². The Labute approximate surface area is 107 Å². The van der Waals surface area contributed by atoms with Crippen molar-refractivity contribution in [2.24, 2.45) is 5.92 Å². The highest BCUT2D eigenvalue weighted by Crippen LogP contribution is 2.26. The van der Waals surface area contributed by atoms with Crippen molar-refractivity contribution in [2.45, 2.75) is 18.2 Å². The van der Waals surface area contributed by atoms with E-state index in [2.05, 4.69) is 18.3 Å². The molecule has 0 aliphatic rings. The van der Waals surface area contributed by atoms with E-state index in [0.29, 0.717) is 11.5 Å². The molecule has 1 aromatic carbocycles. The third-order valence-corrected chi connectivity index (χ3v) is 3.40. The van der Waals surface area contributed by atoms with Crippen LogP contribution in [0.15, 0.2) is 23.1 Å². The molecule has 0 aliphatic heterocycles. The Morgan fingerprint density at radius 2 is 2.29 bits per heavy atom. The van der Waals surface area contributed by atoms with E-state index < -0.39 is 0 Å². The average molecular weight is 250 g/mol. The van der Waals surface area contributed by atoms with Gasteiger partial charge in [0, 0.05) is 18.0 Å². The van der Waals surface area contributed by atoms with Gasteiger partial charge in [-0.05, 0) is 30.7 Å². The normalized spacial score (nSPS) is 11.9. The lowest BCUT2D eigenvalue weighted by molar-refractivity contribution is 0.266. The monoisotopic (exact) mass is 250 g/mol. The summed E-state index contributed by atoms with van der Waals surface area (Å²) in [5, 5.41) is 21.3. The van der Waals surface area contributed by atoms with E-state index in [1.807, 2.05) is 24.5 Å². The number of benzene rings is 1. The molecule has 0 aliphatic carbocycles. The first-order valence-corrected chi connectivity index (χ1v) is 6.87. The number of nitrogens with zero attached hydrogens (tertiary/aromatic N) is 1. The highest BCUT2D eigenvalue weighted by molar-refractivity contribution is 7.98. The fourth-order valence-electron chi connectivity index (χ4n) is 1.57. The van der Waals surface area contributed by atoms with Crippen molar-refractivity contribution in [1.29, 1.82) is 5.26 Å². The summed E-state index contributed by atoms with van der Waals surface area (Å²) in [6.45, 7) is 3.06.